The van der Waals surface area contributed by atoms with Gasteiger partial charge in [0.1, 0.15) is 5.82 Å². The molecule has 1 aromatic carbocycles. The van der Waals surface area contributed by atoms with Gasteiger partial charge in [0.2, 0.25) is 11.8 Å². The maximum atomic E-state index is 13.3. The molecule has 0 saturated carbocycles. The molecule has 0 spiro atoms. The van der Waals surface area contributed by atoms with E-state index in [0.29, 0.717) is 13.1 Å². The van der Waals surface area contributed by atoms with Crippen LogP contribution in [0.2, 0.25) is 0 Å². The van der Waals surface area contributed by atoms with Crippen molar-refractivity contribution in [1.29, 1.82) is 0 Å². The number of halogens is 1. The molecule has 3 rings (SSSR count). The third-order valence-corrected chi connectivity index (χ3v) is 4.71. The molecule has 1 aliphatic heterocycles. The summed E-state index contributed by atoms with van der Waals surface area (Å²) >= 11 is 0. The van der Waals surface area contributed by atoms with E-state index in [-0.39, 0.29) is 35.5 Å². The monoisotopic (exact) mass is 345 g/mol. The molecule has 1 atom stereocenters. The van der Waals surface area contributed by atoms with E-state index in [0.717, 1.165) is 16.6 Å². The molecule has 2 heterocycles. The molecular formula is C19H24FN3O2. The van der Waals surface area contributed by atoms with Crippen LogP contribution in [-0.4, -0.2) is 45.7 Å². The van der Waals surface area contributed by atoms with Gasteiger partial charge in [-0.1, -0.05) is 0 Å². The second kappa shape index (κ2) is 6.17. The number of aromatic nitrogens is 1. The van der Waals surface area contributed by atoms with Gasteiger partial charge in [0.05, 0.1) is 12.5 Å². The molecule has 0 unspecified atom stereocenters. The standard InChI is InChI=1S/C19H24FN3O2/c1-19(2,3)23-10-13(9-17(23)24)18(25)22(4)11-15-8-12-7-14(20)5-6-16(12)21-15/h5-8,13,21H,9-11H2,1-4H3/t13-/m1/s1. The van der Waals surface area contributed by atoms with E-state index < -0.39 is 0 Å². The minimum Gasteiger partial charge on any atom is -0.357 e. The highest BCUT2D eigenvalue weighted by Crippen LogP contribution is 2.27. The van der Waals surface area contributed by atoms with Gasteiger partial charge in [-0.2, -0.15) is 0 Å². The predicted octanol–water partition coefficient (Wildman–Crippen LogP) is 2.91. The Morgan fingerprint density at radius 2 is 2.08 bits per heavy atom. The minimum absolute atomic E-state index is 0.0281. The number of nitrogens with zero attached hydrogens (tertiary/aromatic N) is 2. The lowest BCUT2D eigenvalue weighted by molar-refractivity contribution is -0.135. The number of hydrogen-bond donors (Lipinski definition) is 1. The Labute approximate surface area is 146 Å². The molecule has 0 radical (unpaired) electrons. The Morgan fingerprint density at radius 3 is 2.72 bits per heavy atom. The maximum Gasteiger partial charge on any atom is 0.228 e. The molecule has 1 fully saturated rings. The molecule has 134 valence electrons. The van der Waals surface area contributed by atoms with E-state index in [1.54, 1.807) is 22.9 Å². The van der Waals surface area contributed by atoms with Crippen molar-refractivity contribution in [2.75, 3.05) is 13.6 Å². The van der Waals surface area contributed by atoms with Gasteiger partial charge in [-0.05, 0) is 45.0 Å². The highest BCUT2D eigenvalue weighted by Gasteiger charge is 2.40. The first-order valence-corrected chi connectivity index (χ1v) is 8.48. The van der Waals surface area contributed by atoms with E-state index in [4.69, 9.17) is 0 Å². The first kappa shape index (κ1) is 17.5. The fraction of sp³-hybridized carbons (Fsp3) is 0.474. The number of nitrogens with one attached hydrogen (secondary N) is 1. The summed E-state index contributed by atoms with van der Waals surface area (Å²) < 4.78 is 13.3. The smallest absolute Gasteiger partial charge is 0.228 e. The zero-order chi connectivity index (χ0) is 18.4. The number of amides is 2. The van der Waals surface area contributed by atoms with Crippen LogP contribution < -0.4 is 0 Å². The lowest BCUT2D eigenvalue weighted by Gasteiger charge is -2.32. The summed E-state index contributed by atoms with van der Waals surface area (Å²) in [4.78, 5) is 31.5. The van der Waals surface area contributed by atoms with Crippen LogP contribution in [0.5, 0.6) is 0 Å². The van der Waals surface area contributed by atoms with Crippen molar-refractivity contribution in [3.05, 3.63) is 35.8 Å². The quantitative estimate of drug-likeness (QED) is 0.930. The second-order valence-corrected chi connectivity index (χ2v) is 7.80. The number of hydrogen-bond acceptors (Lipinski definition) is 2. The van der Waals surface area contributed by atoms with Crippen molar-refractivity contribution in [3.8, 4) is 0 Å². The van der Waals surface area contributed by atoms with Gasteiger partial charge < -0.3 is 14.8 Å². The van der Waals surface area contributed by atoms with E-state index >= 15 is 0 Å². The fourth-order valence-electron chi connectivity index (χ4n) is 3.41. The lowest BCUT2D eigenvalue weighted by Crippen LogP contribution is -2.43. The van der Waals surface area contributed by atoms with Crippen LogP contribution in [0.25, 0.3) is 10.9 Å². The van der Waals surface area contributed by atoms with E-state index in [2.05, 4.69) is 4.98 Å². The zero-order valence-electron chi connectivity index (χ0n) is 15.1. The first-order valence-electron chi connectivity index (χ1n) is 8.48. The molecule has 0 aliphatic carbocycles. The molecule has 5 nitrogen and oxygen atoms in total. The van der Waals surface area contributed by atoms with Crippen LogP contribution in [0, 0.1) is 11.7 Å². The van der Waals surface area contributed by atoms with Gasteiger partial charge >= 0.3 is 0 Å². The van der Waals surface area contributed by atoms with Crippen LogP contribution in [0.1, 0.15) is 32.9 Å². The zero-order valence-corrected chi connectivity index (χ0v) is 15.1. The normalized spacial score (nSPS) is 18.2. The molecule has 6 heteroatoms. The second-order valence-electron chi connectivity index (χ2n) is 7.80. The van der Waals surface area contributed by atoms with Gasteiger partial charge in [0, 0.05) is 42.1 Å². The van der Waals surface area contributed by atoms with Gasteiger partial charge in [-0.25, -0.2) is 4.39 Å². The summed E-state index contributed by atoms with van der Waals surface area (Å²) in [5.74, 6) is -0.599. The Balaban J connectivity index is 1.69. The molecule has 1 N–H and O–H groups in total. The number of carbonyl (C=O) groups is 2. The highest BCUT2D eigenvalue weighted by molar-refractivity contribution is 5.89. The number of likely N-dealkylation sites (tertiary alicyclic amines) is 1. The van der Waals surface area contributed by atoms with Gasteiger partial charge in [0.15, 0.2) is 0 Å². The average molecular weight is 345 g/mol. The fourth-order valence-corrected chi connectivity index (χ4v) is 3.41. The van der Waals surface area contributed by atoms with Gasteiger partial charge in [-0.15, -0.1) is 0 Å². The largest absolute Gasteiger partial charge is 0.357 e. The van der Waals surface area contributed by atoms with Crippen molar-refractivity contribution in [1.82, 2.24) is 14.8 Å². The van der Waals surface area contributed by atoms with Crippen molar-refractivity contribution < 1.29 is 14.0 Å². The Hall–Kier alpha value is -2.37. The number of benzene rings is 1. The third-order valence-electron chi connectivity index (χ3n) is 4.71. The Morgan fingerprint density at radius 1 is 1.36 bits per heavy atom. The van der Waals surface area contributed by atoms with Crippen LogP contribution in [0.15, 0.2) is 24.3 Å². The van der Waals surface area contributed by atoms with E-state index in [9.17, 15) is 14.0 Å². The summed E-state index contributed by atoms with van der Waals surface area (Å²) in [6.07, 6.45) is 0.262. The molecule has 25 heavy (non-hydrogen) atoms. The number of aromatic amines is 1. The molecule has 1 aromatic heterocycles. The minimum atomic E-state index is -0.307. The molecular weight excluding hydrogens is 321 g/mol. The maximum absolute atomic E-state index is 13.3. The Kier molecular flexibility index (Phi) is 4.31. The van der Waals surface area contributed by atoms with Crippen molar-refractivity contribution >= 4 is 22.7 Å². The predicted molar refractivity (Wildman–Crippen MR) is 94.3 cm³/mol. The molecule has 2 aromatic rings. The summed E-state index contributed by atoms with van der Waals surface area (Å²) in [6.45, 7) is 6.79. The molecule has 1 saturated heterocycles. The van der Waals surface area contributed by atoms with Crippen molar-refractivity contribution in [2.45, 2.75) is 39.3 Å². The summed E-state index contributed by atoms with van der Waals surface area (Å²) in [7, 11) is 1.73. The summed E-state index contributed by atoms with van der Waals surface area (Å²) in [5.41, 5.74) is 1.41. The van der Waals surface area contributed by atoms with Crippen molar-refractivity contribution in [3.63, 3.8) is 0 Å². The molecule has 0 bridgehead atoms. The Bertz CT molecular complexity index is 822. The number of carbonyl (C=O) groups excluding carboxylic acids is 2. The number of fused-ring (bicyclic) bond motifs is 1. The first-order chi connectivity index (χ1) is 11.6. The van der Waals surface area contributed by atoms with Crippen LogP contribution >= 0.6 is 0 Å². The average Bonchev–Trinajstić information content (AvgIpc) is 3.08. The molecule has 1 aliphatic rings. The van der Waals surface area contributed by atoms with Gasteiger partial charge in [-0.3, -0.25) is 9.59 Å². The van der Waals surface area contributed by atoms with E-state index in [1.807, 2.05) is 26.8 Å². The van der Waals surface area contributed by atoms with E-state index in [1.165, 1.54) is 12.1 Å². The van der Waals surface area contributed by atoms with Crippen molar-refractivity contribution in [2.24, 2.45) is 5.92 Å². The topological polar surface area (TPSA) is 56.4 Å². The van der Waals surface area contributed by atoms with Crippen LogP contribution in [0.3, 0.4) is 0 Å². The SMILES string of the molecule is CN(Cc1cc2cc(F)ccc2[nH]1)C(=O)[C@@H]1CC(=O)N(C(C)(C)C)C1. The highest BCUT2D eigenvalue weighted by atomic mass is 19.1. The number of H-pyrrole nitrogens is 1. The molecule has 2 amide bonds. The summed E-state index contributed by atoms with van der Waals surface area (Å²) in [6, 6.07) is 6.41. The summed E-state index contributed by atoms with van der Waals surface area (Å²) in [5, 5.41) is 0.783. The van der Waals surface area contributed by atoms with Crippen LogP contribution in [-0.2, 0) is 16.1 Å². The number of rotatable bonds is 3. The lowest BCUT2D eigenvalue weighted by atomic mass is 10.1. The third kappa shape index (κ3) is 3.52. The van der Waals surface area contributed by atoms with Crippen LogP contribution in [0.4, 0.5) is 4.39 Å². The van der Waals surface area contributed by atoms with Gasteiger partial charge in [0.25, 0.3) is 0 Å².